The van der Waals surface area contributed by atoms with Gasteiger partial charge in [-0.2, -0.15) is 0 Å². The molecule has 2 aliphatic heterocycles. The van der Waals surface area contributed by atoms with Crippen LogP contribution < -0.4 is 0 Å². The number of esters is 1. The number of hydrogen-bond acceptors (Lipinski definition) is 9. The summed E-state index contributed by atoms with van der Waals surface area (Å²) in [6, 6.07) is 9.41. The van der Waals surface area contributed by atoms with Crippen LogP contribution in [0.4, 0.5) is 0 Å². The van der Waals surface area contributed by atoms with Crippen LogP contribution >= 0.6 is 0 Å². The molecule has 1 aromatic rings. The zero-order chi connectivity index (χ0) is 33.7. The first-order chi connectivity index (χ1) is 21.1. The number of carbonyl (C=O) groups excluding carboxylic acids is 1. The van der Waals surface area contributed by atoms with Gasteiger partial charge in [0.25, 0.3) is 0 Å². The van der Waals surface area contributed by atoms with E-state index in [1.807, 2.05) is 51.1 Å². The summed E-state index contributed by atoms with van der Waals surface area (Å²) in [5.74, 6) is -11.5. The Morgan fingerprint density at radius 2 is 1.71 bits per heavy atom. The quantitative estimate of drug-likeness (QED) is 0.102. The molecule has 2 heterocycles. The van der Waals surface area contributed by atoms with Gasteiger partial charge in [-0.25, -0.2) is 14.4 Å². The third-order valence-electron chi connectivity index (χ3n) is 8.86. The molecule has 12 heteroatoms. The highest BCUT2D eigenvalue weighted by atomic mass is 16.8. The van der Waals surface area contributed by atoms with Crippen molar-refractivity contribution in [2.24, 2.45) is 23.7 Å². The van der Waals surface area contributed by atoms with Gasteiger partial charge in [-0.1, -0.05) is 77.1 Å². The second-order valence-corrected chi connectivity index (χ2v) is 12.4. The van der Waals surface area contributed by atoms with Gasteiger partial charge in [-0.05, 0) is 48.2 Å². The van der Waals surface area contributed by atoms with Crippen LogP contribution in [0.1, 0.15) is 58.9 Å². The third-order valence-corrected chi connectivity index (χ3v) is 8.86. The summed E-state index contributed by atoms with van der Waals surface area (Å²) in [6.07, 6.45) is -3.36. The monoisotopic (exact) mass is 632 g/mol. The number of ether oxygens (including phenoxy) is 3. The number of hydrogen-bond donors (Lipinski definition) is 5. The van der Waals surface area contributed by atoms with Crippen LogP contribution in [0.25, 0.3) is 0 Å². The number of aliphatic carboxylic acids is 3. The van der Waals surface area contributed by atoms with E-state index in [-0.39, 0.29) is 23.8 Å². The Labute approximate surface area is 262 Å². The van der Waals surface area contributed by atoms with E-state index in [0.29, 0.717) is 12.3 Å². The highest BCUT2D eigenvalue weighted by Crippen LogP contribution is 2.54. The van der Waals surface area contributed by atoms with E-state index in [4.69, 9.17) is 14.2 Å². The Morgan fingerprint density at radius 1 is 1.07 bits per heavy atom. The molecule has 10 atom stereocenters. The molecule has 12 nitrogen and oxygen atoms in total. The molecule has 3 rings (SSSR count). The number of allylic oxidation sites excluding steroid dienone is 1. The number of aliphatic hydroxyl groups excluding tert-OH is 2. The van der Waals surface area contributed by atoms with Crippen LogP contribution in [0, 0.1) is 23.7 Å². The molecule has 0 radical (unpaired) electrons. The van der Waals surface area contributed by atoms with Gasteiger partial charge < -0.3 is 39.7 Å². The van der Waals surface area contributed by atoms with Crippen molar-refractivity contribution in [1.82, 2.24) is 0 Å². The van der Waals surface area contributed by atoms with Crippen LogP contribution in [0.5, 0.6) is 0 Å². The Morgan fingerprint density at radius 3 is 2.27 bits per heavy atom. The summed E-state index contributed by atoms with van der Waals surface area (Å²) < 4.78 is 16.7. The van der Waals surface area contributed by atoms with Crippen molar-refractivity contribution in [3.63, 3.8) is 0 Å². The number of carboxylic acids is 3. The molecule has 0 spiro atoms. The van der Waals surface area contributed by atoms with Crippen molar-refractivity contribution in [1.29, 1.82) is 0 Å². The smallest absolute Gasteiger partial charge is 0.341 e. The number of rotatable bonds is 16. The molecular formula is C33H44O12. The van der Waals surface area contributed by atoms with Gasteiger partial charge in [-0.3, -0.25) is 4.79 Å². The Hall–Kier alpha value is -3.58. The average Bonchev–Trinajstić information content (AvgIpc) is 3.18. The Bertz CT molecular complexity index is 1280. The fourth-order valence-corrected chi connectivity index (χ4v) is 6.20. The second-order valence-electron chi connectivity index (χ2n) is 12.4. The number of fused-ring (bicyclic) bond motifs is 2. The molecule has 1 aromatic carbocycles. The summed E-state index contributed by atoms with van der Waals surface area (Å²) in [5.41, 5.74) is -1.78. The van der Waals surface area contributed by atoms with Gasteiger partial charge in [0, 0.05) is 12.5 Å². The van der Waals surface area contributed by atoms with E-state index in [9.17, 15) is 44.7 Å². The van der Waals surface area contributed by atoms with Crippen LogP contribution in [0.3, 0.4) is 0 Å². The van der Waals surface area contributed by atoms with E-state index in [1.165, 1.54) is 0 Å². The molecular weight excluding hydrogens is 588 g/mol. The topological polar surface area (TPSA) is 197 Å². The Balaban J connectivity index is 1.91. The summed E-state index contributed by atoms with van der Waals surface area (Å²) in [5, 5.41) is 52.7. The van der Waals surface area contributed by atoms with E-state index >= 15 is 0 Å². The molecule has 2 saturated heterocycles. The van der Waals surface area contributed by atoms with E-state index in [1.54, 1.807) is 13.0 Å². The largest absolute Gasteiger partial charge is 0.481 e. The maximum atomic E-state index is 12.9. The van der Waals surface area contributed by atoms with Crippen LogP contribution in [-0.2, 0) is 39.8 Å². The number of benzene rings is 1. The molecule has 0 aliphatic carbocycles. The molecule has 45 heavy (non-hydrogen) atoms. The summed E-state index contributed by atoms with van der Waals surface area (Å²) in [4.78, 5) is 50.3. The van der Waals surface area contributed by atoms with Gasteiger partial charge >= 0.3 is 23.9 Å². The number of carboxylic acid groups (broad SMARTS) is 3. The lowest BCUT2D eigenvalue weighted by Crippen LogP contribution is -2.66. The second kappa shape index (κ2) is 14.7. The zero-order valence-electron chi connectivity index (χ0n) is 26.0. The zero-order valence-corrected chi connectivity index (χ0v) is 26.0. The van der Waals surface area contributed by atoms with Crippen LogP contribution in [0.2, 0.25) is 0 Å². The van der Waals surface area contributed by atoms with Gasteiger partial charge in [-0.15, -0.1) is 0 Å². The predicted octanol–water partition coefficient (Wildman–Crippen LogP) is 3.20. The van der Waals surface area contributed by atoms with Crippen molar-refractivity contribution in [2.75, 3.05) is 0 Å². The third kappa shape index (κ3) is 7.63. The molecule has 2 aliphatic rings. The van der Waals surface area contributed by atoms with Crippen molar-refractivity contribution < 1.29 is 58.9 Å². The molecule has 0 aromatic heterocycles. The fourth-order valence-electron chi connectivity index (χ4n) is 6.20. The van der Waals surface area contributed by atoms with Crippen molar-refractivity contribution >= 4 is 23.9 Å². The van der Waals surface area contributed by atoms with E-state index in [2.05, 4.69) is 6.58 Å². The minimum absolute atomic E-state index is 0.0514. The average molecular weight is 633 g/mol. The molecule has 2 bridgehead atoms. The van der Waals surface area contributed by atoms with Crippen molar-refractivity contribution in [3.05, 3.63) is 60.2 Å². The standard InChI is InChI=1S/C33H44O12/c1-6-18(2)16-19(3)12-13-23(34)43-28-27(36)32(15-14-20(4)25(35)21(5)17-22-10-8-7-9-11-22)44-26(30(39)40)24(29(37)38)33(28,45-32)31(41)42/h7-13,18-19,21,24-28,35-36H,4,6,14-17H2,1-3,5H3,(H,37,38)(H,39,40)(H,41,42)/b13-12+/t18?,19?,21?,24-,25?,26-,27+,28+,32-,33-/m0/s1. The Kier molecular flexibility index (Phi) is 11.7. The predicted molar refractivity (Wildman–Crippen MR) is 160 cm³/mol. The van der Waals surface area contributed by atoms with Gasteiger partial charge in [0.2, 0.25) is 11.4 Å². The molecule has 0 amide bonds. The SMILES string of the molecule is C=C(CC[C@]12O[C@H](C(=O)O)[C@@H](C(=O)O)[C@](C(=O)O)(O1)[C@H](OC(=O)/C=C/C(C)CC(C)CC)[C@H]2O)C(O)C(C)Cc1ccccc1. The van der Waals surface area contributed by atoms with Crippen molar-refractivity contribution in [2.45, 2.75) is 95.6 Å². The lowest BCUT2D eigenvalue weighted by atomic mass is 9.78. The maximum absolute atomic E-state index is 12.9. The molecule has 5 N–H and O–H groups in total. The van der Waals surface area contributed by atoms with E-state index < -0.39 is 72.0 Å². The minimum Gasteiger partial charge on any atom is -0.481 e. The van der Waals surface area contributed by atoms with Crippen molar-refractivity contribution in [3.8, 4) is 0 Å². The lowest BCUT2D eigenvalue weighted by molar-refractivity contribution is -0.342. The van der Waals surface area contributed by atoms with Gasteiger partial charge in [0.05, 0.1) is 6.10 Å². The lowest BCUT2D eigenvalue weighted by Gasteiger charge is -2.44. The van der Waals surface area contributed by atoms with Gasteiger partial charge in [0.15, 0.2) is 12.2 Å². The van der Waals surface area contributed by atoms with Gasteiger partial charge in [0.1, 0.15) is 12.0 Å². The normalized spacial score (nSPS) is 30.3. The fraction of sp³-hybridized carbons (Fsp3) is 0.576. The van der Waals surface area contributed by atoms with E-state index in [0.717, 1.165) is 24.5 Å². The highest BCUT2D eigenvalue weighted by molar-refractivity contribution is 5.93. The summed E-state index contributed by atoms with van der Waals surface area (Å²) in [7, 11) is 0. The van der Waals surface area contributed by atoms with Crippen LogP contribution in [0.15, 0.2) is 54.6 Å². The molecule has 4 unspecified atom stereocenters. The molecule has 248 valence electrons. The first kappa shape index (κ1) is 35.9. The maximum Gasteiger partial charge on any atom is 0.341 e. The number of carbonyl (C=O) groups is 4. The summed E-state index contributed by atoms with van der Waals surface area (Å²) >= 11 is 0. The molecule has 0 saturated carbocycles. The number of aliphatic hydroxyl groups is 2. The minimum atomic E-state index is -3.01. The molecule has 2 fully saturated rings. The first-order valence-corrected chi connectivity index (χ1v) is 15.1. The van der Waals surface area contributed by atoms with Crippen LogP contribution in [-0.4, -0.2) is 85.2 Å². The first-order valence-electron chi connectivity index (χ1n) is 15.1. The highest BCUT2D eigenvalue weighted by Gasteiger charge is 2.79. The summed E-state index contributed by atoms with van der Waals surface area (Å²) in [6.45, 7) is 11.7.